The number of hydrogen-bond acceptors (Lipinski definition) is 4. The molecule has 0 bridgehead atoms. The Morgan fingerprint density at radius 1 is 1.14 bits per heavy atom. The molecule has 0 aliphatic heterocycles. The second-order valence-electron chi connectivity index (χ2n) is 4.95. The molecule has 0 aromatic heterocycles. The maximum atomic E-state index is 11.2. The minimum atomic E-state index is -0.684. The van der Waals surface area contributed by atoms with E-state index in [0.717, 1.165) is 5.56 Å². The summed E-state index contributed by atoms with van der Waals surface area (Å²) in [6, 6.07) is 17.8. The van der Waals surface area contributed by atoms with Gasteiger partial charge in [-0.15, -0.1) is 0 Å². The summed E-state index contributed by atoms with van der Waals surface area (Å²) in [5.41, 5.74) is 1.21. The number of rotatable bonds is 6. The van der Waals surface area contributed by atoms with Crippen molar-refractivity contribution in [3.05, 3.63) is 75.8 Å². The zero-order valence-electron chi connectivity index (χ0n) is 11.9. The van der Waals surface area contributed by atoms with E-state index >= 15 is 0 Å². The predicted octanol–water partition coefficient (Wildman–Crippen LogP) is 3.37. The molecule has 1 N–H and O–H groups in total. The summed E-state index contributed by atoms with van der Waals surface area (Å²) in [6.07, 6.45) is 0.369. The summed E-state index contributed by atoms with van der Waals surface area (Å²) in [7, 11) is 0. The maximum Gasteiger partial charge on any atom is 0.273 e. The lowest BCUT2D eigenvalue weighted by atomic mass is 9.80. The fourth-order valence-electron chi connectivity index (χ4n) is 2.66. The summed E-state index contributed by atoms with van der Waals surface area (Å²) >= 11 is 0. The number of nitrogens with zero attached hydrogens (tertiary/aromatic N) is 2. The van der Waals surface area contributed by atoms with Crippen LogP contribution < -0.4 is 0 Å². The van der Waals surface area contributed by atoms with Crippen LogP contribution in [-0.4, -0.2) is 16.6 Å². The third kappa shape index (κ3) is 3.30. The van der Waals surface area contributed by atoms with Crippen molar-refractivity contribution in [3.8, 4) is 6.07 Å². The van der Waals surface area contributed by atoms with Crippen LogP contribution in [0.2, 0.25) is 0 Å². The Hall–Kier alpha value is -2.71. The smallest absolute Gasteiger partial charge is 0.273 e. The first-order valence-corrected chi connectivity index (χ1v) is 6.97. The first-order valence-electron chi connectivity index (χ1n) is 6.97. The predicted molar refractivity (Wildman–Crippen MR) is 82.3 cm³/mol. The monoisotopic (exact) mass is 296 g/mol. The van der Waals surface area contributed by atoms with E-state index in [1.165, 1.54) is 6.07 Å². The van der Waals surface area contributed by atoms with Gasteiger partial charge in [-0.1, -0.05) is 48.5 Å². The van der Waals surface area contributed by atoms with Gasteiger partial charge in [0.05, 0.1) is 16.9 Å². The quantitative estimate of drug-likeness (QED) is 0.654. The highest BCUT2D eigenvalue weighted by molar-refractivity contribution is 5.47. The van der Waals surface area contributed by atoms with Crippen molar-refractivity contribution in [3.63, 3.8) is 0 Å². The summed E-state index contributed by atoms with van der Waals surface area (Å²) < 4.78 is 0. The van der Waals surface area contributed by atoms with Crippen LogP contribution in [0, 0.1) is 21.4 Å². The van der Waals surface area contributed by atoms with E-state index in [0.29, 0.717) is 12.0 Å². The molecule has 2 aromatic rings. The maximum absolute atomic E-state index is 11.2. The Bertz CT molecular complexity index is 680. The molecule has 0 fully saturated rings. The SMILES string of the molecule is N#CC(c1ccccc1[N+](=O)[O-])C(CCO)c1ccccc1. The number of aliphatic hydroxyl groups excluding tert-OH is 1. The van der Waals surface area contributed by atoms with Gasteiger partial charge in [-0.25, -0.2) is 0 Å². The highest BCUT2D eigenvalue weighted by Crippen LogP contribution is 2.38. The standard InChI is InChI=1S/C17H16N2O3/c18-12-16(15-8-4-5-9-17(15)19(21)22)14(10-11-20)13-6-2-1-3-7-13/h1-9,14,16,20H,10-11H2. The van der Waals surface area contributed by atoms with Gasteiger partial charge in [0, 0.05) is 24.2 Å². The molecular formula is C17H16N2O3. The Labute approximate surface area is 128 Å². The van der Waals surface area contributed by atoms with E-state index < -0.39 is 10.8 Å². The van der Waals surface area contributed by atoms with Gasteiger partial charge in [-0.2, -0.15) is 5.26 Å². The van der Waals surface area contributed by atoms with E-state index in [4.69, 9.17) is 0 Å². The summed E-state index contributed by atoms with van der Waals surface area (Å²) in [6.45, 7) is -0.0849. The van der Waals surface area contributed by atoms with Gasteiger partial charge in [-0.05, 0) is 12.0 Å². The molecule has 0 radical (unpaired) electrons. The largest absolute Gasteiger partial charge is 0.396 e. The molecule has 2 aromatic carbocycles. The summed E-state index contributed by atoms with van der Waals surface area (Å²) in [5.74, 6) is -0.978. The normalized spacial score (nSPS) is 13.1. The Morgan fingerprint density at radius 3 is 2.36 bits per heavy atom. The van der Waals surface area contributed by atoms with Crippen LogP contribution in [0.25, 0.3) is 0 Å². The summed E-state index contributed by atoms with van der Waals surface area (Å²) in [5, 5.41) is 30.1. The molecule has 0 aliphatic rings. The molecule has 22 heavy (non-hydrogen) atoms. The third-order valence-corrected chi connectivity index (χ3v) is 3.68. The number of para-hydroxylation sites is 1. The van der Waals surface area contributed by atoms with Gasteiger partial charge in [0.25, 0.3) is 5.69 Å². The third-order valence-electron chi connectivity index (χ3n) is 3.68. The molecule has 5 heteroatoms. The molecule has 0 heterocycles. The molecule has 0 aliphatic carbocycles. The number of benzene rings is 2. The van der Waals surface area contributed by atoms with Crippen molar-refractivity contribution in [1.29, 1.82) is 5.26 Å². The van der Waals surface area contributed by atoms with E-state index in [9.17, 15) is 20.5 Å². The fourth-order valence-corrected chi connectivity index (χ4v) is 2.66. The van der Waals surface area contributed by atoms with E-state index in [1.807, 2.05) is 30.3 Å². The second kappa shape index (κ2) is 7.34. The molecule has 112 valence electrons. The minimum absolute atomic E-state index is 0.0621. The first-order chi connectivity index (χ1) is 10.7. The van der Waals surface area contributed by atoms with Gasteiger partial charge in [0.1, 0.15) is 0 Å². The lowest BCUT2D eigenvalue weighted by Gasteiger charge is -2.22. The molecule has 2 atom stereocenters. The lowest BCUT2D eigenvalue weighted by molar-refractivity contribution is -0.385. The van der Waals surface area contributed by atoms with Crippen molar-refractivity contribution in [2.24, 2.45) is 0 Å². The van der Waals surface area contributed by atoms with Crippen LogP contribution in [0.3, 0.4) is 0 Å². The van der Waals surface area contributed by atoms with Gasteiger partial charge in [0.2, 0.25) is 0 Å². The molecule has 2 unspecified atom stereocenters. The Kier molecular flexibility index (Phi) is 5.23. The van der Waals surface area contributed by atoms with Crippen molar-refractivity contribution < 1.29 is 10.0 Å². The zero-order valence-corrected chi connectivity index (χ0v) is 11.9. The molecule has 2 rings (SSSR count). The second-order valence-corrected chi connectivity index (χ2v) is 4.95. The number of hydrogen-bond donors (Lipinski definition) is 1. The van der Waals surface area contributed by atoms with Crippen molar-refractivity contribution in [1.82, 2.24) is 0 Å². The van der Waals surface area contributed by atoms with Gasteiger partial charge in [0.15, 0.2) is 0 Å². The van der Waals surface area contributed by atoms with Gasteiger partial charge in [-0.3, -0.25) is 10.1 Å². The van der Waals surface area contributed by atoms with E-state index in [1.54, 1.807) is 18.2 Å². The molecule has 0 saturated carbocycles. The number of nitro groups is 1. The fraction of sp³-hybridized carbons (Fsp3) is 0.235. The molecule has 0 saturated heterocycles. The van der Waals surface area contributed by atoms with Crippen LogP contribution >= 0.6 is 0 Å². The zero-order chi connectivity index (χ0) is 15.9. The molecule has 5 nitrogen and oxygen atoms in total. The summed E-state index contributed by atoms with van der Waals surface area (Å²) in [4.78, 5) is 10.7. The van der Waals surface area contributed by atoms with Gasteiger partial charge >= 0.3 is 0 Å². The number of nitro benzene ring substituents is 1. The number of aliphatic hydroxyl groups is 1. The van der Waals surface area contributed by atoms with Crippen LogP contribution in [0.5, 0.6) is 0 Å². The minimum Gasteiger partial charge on any atom is -0.396 e. The van der Waals surface area contributed by atoms with Crippen LogP contribution in [0.4, 0.5) is 5.69 Å². The highest BCUT2D eigenvalue weighted by atomic mass is 16.6. The van der Waals surface area contributed by atoms with E-state index in [2.05, 4.69) is 6.07 Å². The van der Waals surface area contributed by atoms with Crippen LogP contribution in [0.15, 0.2) is 54.6 Å². The van der Waals surface area contributed by atoms with Crippen molar-refractivity contribution in [2.75, 3.05) is 6.61 Å². The van der Waals surface area contributed by atoms with Gasteiger partial charge < -0.3 is 5.11 Å². The van der Waals surface area contributed by atoms with Crippen molar-refractivity contribution in [2.45, 2.75) is 18.3 Å². The molecule has 0 amide bonds. The average molecular weight is 296 g/mol. The number of nitriles is 1. The first kappa shape index (κ1) is 15.7. The molecular weight excluding hydrogens is 280 g/mol. The molecule has 0 spiro atoms. The van der Waals surface area contributed by atoms with Crippen molar-refractivity contribution >= 4 is 5.69 Å². The topological polar surface area (TPSA) is 87.2 Å². The van der Waals surface area contributed by atoms with E-state index in [-0.39, 0.29) is 18.2 Å². The Morgan fingerprint density at radius 2 is 1.77 bits per heavy atom. The highest BCUT2D eigenvalue weighted by Gasteiger charge is 2.29. The van der Waals surface area contributed by atoms with Crippen LogP contribution in [0.1, 0.15) is 29.4 Å². The average Bonchev–Trinajstić information content (AvgIpc) is 2.56. The van der Waals surface area contributed by atoms with Crippen LogP contribution in [-0.2, 0) is 0 Å². The Balaban J connectivity index is 2.49. The lowest BCUT2D eigenvalue weighted by Crippen LogP contribution is -2.13.